The molecule has 0 spiro atoms. The Morgan fingerprint density at radius 2 is 1.75 bits per heavy atom. The molecule has 0 aromatic heterocycles. The smallest absolute Gasteiger partial charge is 0.146 e. The average Bonchev–Trinajstić information content (AvgIpc) is 2.43. The minimum Gasteiger partial charge on any atom is -0.494 e. The Labute approximate surface area is 123 Å². The Kier molecular flexibility index (Phi) is 4.88. The molecule has 0 fully saturated rings. The molecule has 20 heavy (non-hydrogen) atoms. The lowest BCUT2D eigenvalue weighted by Crippen LogP contribution is -1.93. The molecule has 3 nitrogen and oxygen atoms in total. The molecule has 0 aliphatic rings. The lowest BCUT2D eigenvalue weighted by Gasteiger charge is -2.11. The number of rotatable bonds is 5. The van der Waals surface area contributed by atoms with Crippen molar-refractivity contribution in [3.8, 4) is 17.2 Å². The summed E-state index contributed by atoms with van der Waals surface area (Å²) < 4.78 is 11.1. The van der Waals surface area contributed by atoms with Gasteiger partial charge in [-0.2, -0.15) is 0 Å². The second kappa shape index (κ2) is 6.64. The summed E-state index contributed by atoms with van der Waals surface area (Å²) in [5.41, 5.74) is 0.758. The van der Waals surface area contributed by atoms with E-state index < -0.39 is 6.10 Å². The standard InChI is InChI=1S/C16H17ClO3/c1-3-19-13-5-7-14(8-6-13)20-16-9-4-12(11(2)18)10-15(16)17/h4-11,18H,3H2,1-2H3/t11-/m0/s1. The van der Waals surface area contributed by atoms with Crippen molar-refractivity contribution in [1.82, 2.24) is 0 Å². The van der Waals surface area contributed by atoms with E-state index in [0.29, 0.717) is 23.1 Å². The van der Waals surface area contributed by atoms with Gasteiger partial charge < -0.3 is 14.6 Å². The van der Waals surface area contributed by atoms with Gasteiger partial charge in [-0.1, -0.05) is 17.7 Å². The van der Waals surface area contributed by atoms with E-state index in [0.717, 1.165) is 11.3 Å². The first-order chi connectivity index (χ1) is 9.60. The van der Waals surface area contributed by atoms with Gasteiger partial charge in [-0.25, -0.2) is 0 Å². The van der Waals surface area contributed by atoms with Crippen molar-refractivity contribution in [2.45, 2.75) is 20.0 Å². The topological polar surface area (TPSA) is 38.7 Å². The molecule has 2 aromatic rings. The van der Waals surface area contributed by atoms with Crippen LogP contribution in [0.15, 0.2) is 42.5 Å². The van der Waals surface area contributed by atoms with Gasteiger partial charge in [-0.3, -0.25) is 0 Å². The van der Waals surface area contributed by atoms with Gasteiger partial charge in [0.2, 0.25) is 0 Å². The maximum absolute atomic E-state index is 9.50. The highest BCUT2D eigenvalue weighted by molar-refractivity contribution is 6.32. The van der Waals surface area contributed by atoms with Gasteiger partial charge in [0.05, 0.1) is 17.7 Å². The molecular formula is C16H17ClO3. The third-order valence-electron chi connectivity index (χ3n) is 2.80. The average molecular weight is 293 g/mol. The van der Waals surface area contributed by atoms with Crippen molar-refractivity contribution in [1.29, 1.82) is 0 Å². The van der Waals surface area contributed by atoms with Crippen LogP contribution in [0.3, 0.4) is 0 Å². The van der Waals surface area contributed by atoms with Crippen LogP contribution in [-0.2, 0) is 0 Å². The van der Waals surface area contributed by atoms with Crippen LogP contribution >= 0.6 is 11.6 Å². The van der Waals surface area contributed by atoms with Gasteiger partial charge >= 0.3 is 0 Å². The van der Waals surface area contributed by atoms with E-state index in [1.165, 1.54) is 0 Å². The second-order valence-electron chi connectivity index (χ2n) is 4.37. The number of aliphatic hydroxyl groups is 1. The molecule has 2 rings (SSSR count). The first kappa shape index (κ1) is 14.7. The summed E-state index contributed by atoms with van der Waals surface area (Å²) in [6.45, 7) is 4.26. The van der Waals surface area contributed by atoms with Crippen LogP contribution in [0.5, 0.6) is 17.2 Å². The van der Waals surface area contributed by atoms with Gasteiger partial charge in [0.25, 0.3) is 0 Å². The summed E-state index contributed by atoms with van der Waals surface area (Å²) in [7, 11) is 0. The molecular weight excluding hydrogens is 276 g/mol. The lowest BCUT2D eigenvalue weighted by atomic mass is 10.1. The molecule has 2 aromatic carbocycles. The van der Waals surface area contributed by atoms with E-state index in [4.69, 9.17) is 21.1 Å². The molecule has 0 aliphatic heterocycles. The van der Waals surface area contributed by atoms with Crippen LogP contribution < -0.4 is 9.47 Å². The molecule has 0 unspecified atom stereocenters. The first-order valence-electron chi connectivity index (χ1n) is 6.48. The van der Waals surface area contributed by atoms with Crippen molar-refractivity contribution < 1.29 is 14.6 Å². The third-order valence-corrected chi connectivity index (χ3v) is 3.10. The normalized spacial score (nSPS) is 12.0. The van der Waals surface area contributed by atoms with Crippen LogP contribution in [-0.4, -0.2) is 11.7 Å². The molecule has 0 radical (unpaired) electrons. The van der Waals surface area contributed by atoms with Crippen LogP contribution in [0, 0.1) is 0 Å². The van der Waals surface area contributed by atoms with Crippen LogP contribution in [0.1, 0.15) is 25.5 Å². The minimum atomic E-state index is -0.549. The minimum absolute atomic E-state index is 0.470. The lowest BCUT2D eigenvalue weighted by molar-refractivity contribution is 0.199. The summed E-state index contributed by atoms with van der Waals surface area (Å²) >= 11 is 6.14. The molecule has 0 saturated heterocycles. The number of benzene rings is 2. The van der Waals surface area contributed by atoms with Crippen molar-refractivity contribution in [2.24, 2.45) is 0 Å². The number of ether oxygens (including phenoxy) is 2. The Morgan fingerprint density at radius 1 is 1.10 bits per heavy atom. The molecule has 106 valence electrons. The predicted molar refractivity (Wildman–Crippen MR) is 79.8 cm³/mol. The Balaban J connectivity index is 2.13. The fourth-order valence-electron chi connectivity index (χ4n) is 1.76. The van der Waals surface area contributed by atoms with E-state index in [9.17, 15) is 5.11 Å². The maximum Gasteiger partial charge on any atom is 0.146 e. The molecule has 1 N–H and O–H groups in total. The number of aliphatic hydroxyl groups excluding tert-OH is 1. The SMILES string of the molecule is CCOc1ccc(Oc2ccc([C@H](C)O)cc2Cl)cc1. The summed E-state index contributed by atoms with van der Waals surface area (Å²) in [6.07, 6.45) is -0.549. The summed E-state index contributed by atoms with van der Waals surface area (Å²) in [5, 5.41) is 9.97. The molecule has 0 saturated carbocycles. The zero-order valence-electron chi connectivity index (χ0n) is 11.5. The van der Waals surface area contributed by atoms with Crippen molar-refractivity contribution in [2.75, 3.05) is 6.61 Å². The van der Waals surface area contributed by atoms with E-state index in [1.807, 2.05) is 31.2 Å². The fourth-order valence-corrected chi connectivity index (χ4v) is 1.98. The van der Waals surface area contributed by atoms with Gasteiger partial charge in [0, 0.05) is 0 Å². The zero-order valence-corrected chi connectivity index (χ0v) is 12.2. The van der Waals surface area contributed by atoms with Crippen molar-refractivity contribution in [3.05, 3.63) is 53.1 Å². The highest BCUT2D eigenvalue weighted by Crippen LogP contribution is 2.32. The molecule has 0 amide bonds. The van der Waals surface area contributed by atoms with Gasteiger partial charge in [-0.15, -0.1) is 0 Å². The van der Waals surface area contributed by atoms with Crippen molar-refractivity contribution >= 4 is 11.6 Å². The Morgan fingerprint density at radius 3 is 2.30 bits per heavy atom. The maximum atomic E-state index is 9.50. The molecule has 4 heteroatoms. The third kappa shape index (κ3) is 3.65. The van der Waals surface area contributed by atoms with Crippen LogP contribution in [0.4, 0.5) is 0 Å². The molecule has 0 bridgehead atoms. The summed E-state index contributed by atoms with van der Waals surface area (Å²) in [6, 6.07) is 12.6. The van der Waals surface area contributed by atoms with E-state index in [1.54, 1.807) is 25.1 Å². The van der Waals surface area contributed by atoms with E-state index in [2.05, 4.69) is 0 Å². The van der Waals surface area contributed by atoms with Crippen LogP contribution in [0.25, 0.3) is 0 Å². The largest absolute Gasteiger partial charge is 0.494 e. The Hall–Kier alpha value is -1.71. The predicted octanol–water partition coefficient (Wildman–Crippen LogP) is 4.58. The van der Waals surface area contributed by atoms with Gasteiger partial charge in [0.1, 0.15) is 17.2 Å². The highest BCUT2D eigenvalue weighted by atomic mass is 35.5. The highest BCUT2D eigenvalue weighted by Gasteiger charge is 2.07. The quantitative estimate of drug-likeness (QED) is 0.876. The van der Waals surface area contributed by atoms with Gasteiger partial charge in [0.15, 0.2) is 0 Å². The number of halogens is 1. The summed E-state index contributed by atoms with van der Waals surface area (Å²) in [5.74, 6) is 2.04. The monoisotopic (exact) mass is 292 g/mol. The van der Waals surface area contributed by atoms with E-state index in [-0.39, 0.29) is 0 Å². The molecule has 1 atom stereocenters. The first-order valence-corrected chi connectivity index (χ1v) is 6.86. The summed E-state index contributed by atoms with van der Waals surface area (Å²) in [4.78, 5) is 0. The second-order valence-corrected chi connectivity index (χ2v) is 4.78. The number of hydrogen-bond acceptors (Lipinski definition) is 3. The van der Waals surface area contributed by atoms with Gasteiger partial charge in [-0.05, 0) is 55.8 Å². The Bertz CT molecular complexity index is 564. The van der Waals surface area contributed by atoms with Crippen LogP contribution in [0.2, 0.25) is 5.02 Å². The molecule has 0 aliphatic carbocycles. The van der Waals surface area contributed by atoms with E-state index >= 15 is 0 Å². The molecule has 0 heterocycles. The zero-order chi connectivity index (χ0) is 14.5. The van der Waals surface area contributed by atoms with Crippen molar-refractivity contribution in [3.63, 3.8) is 0 Å². The fraction of sp³-hybridized carbons (Fsp3) is 0.250. The number of hydrogen-bond donors (Lipinski definition) is 1.